The molecule has 0 aliphatic heterocycles. The van der Waals surface area contributed by atoms with E-state index in [1.807, 2.05) is 49.3 Å². The number of nitrogens with zero attached hydrogens (tertiary/aromatic N) is 3. The van der Waals surface area contributed by atoms with Gasteiger partial charge in [-0.05, 0) is 75.4 Å². The molecule has 148 valence electrons. The molecule has 0 spiro atoms. The Morgan fingerprint density at radius 3 is 2.50 bits per heavy atom. The molecule has 3 aromatic rings. The van der Waals surface area contributed by atoms with Crippen LogP contribution in [0.1, 0.15) is 29.3 Å². The summed E-state index contributed by atoms with van der Waals surface area (Å²) in [6, 6.07) is 13.6. The van der Waals surface area contributed by atoms with Crippen molar-refractivity contribution in [2.45, 2.75) is 19.8 Å². The highest BCUT2D eigenvalue weighted by atomic mass is 32.1. The lowest BCUT2D eigenvalue weighted by molar-refractivity contribution is 0.0986. The van der Waals surface area contributed by atoms with Crippen molar-refractivity contribution in [2.75, 3.05) is 39.2 Å². The maximum Gasteiger partial charge on any atom is 0.260 e. The van der Waals surface area contributed by atoms with Gasteiger partial charge in [-0.2, -0.15) is 0 Å². The van der Waals surface area contributed by atoms with E-state index in [9.17, 15) is 4.79 Å². The third kappa shape index (κ3) is 4.69. The molecule has 5 nitrogen and oxygen atoms in total. The van der Waals surface area contributed by atoms with E-state index in [1.165, 1.54) is 5.56 Å². The molecule has 0 N–H and O–H groups in total. The van der Waals surface area contributed by atoms with E-state index < -0.39 is 0 Å². The van der Waals surface area contributed by atoms with E-state index in [2.05, 4.69) is 24.0 Å². The monoisotopic (exact) mass is 397 g/mol. The second-order valence-electron chi connectivity index (χ2n) is 6.99. The molecule has 0 saturated heterocycles. The second kappa shape index (κ2) is 9.17. The van der Waals surface area contributed by atoms with Gasteiger partial charge >= 0.3 is 0 Å². The molecule has 1 amide bonds. The summed E-state index contributed by atoms with van der Waals surface area (Å²) in [4.78, 5) is 21.9. The van der Waals surface area contributed by atoms with Crippen molar-refractivity contribution >= 4 is 32.6 Å². The standard InChI is InChI=1S/C22H27N3O2S/c1-5-16-7-12-19-20(15-16)28-22(23-19)25(14-6-13-24(2)3)21(26)17-8-10-18(27-4)11-9-17/h7-12,15H,5-6,13-14H2,1-4H3. The Balaban J connectivity index is 1.92. The normalized spacial score (nSPS) is 11.2. The number of ether oxygens (including phenoxy) is 1. The number of fused-ring (bicyclic) bond motifs is 1. The van der Waals surface area contributed by atoms with Crippen LogP contribution in [0.15, 0.2) is 42.5 Å². The van der Waals surface area contributed by atoms with E-state index in [0.29, 0.717) is 12.1 Å². The molecule has 3 rings (SSSR count). The van der Waals surface area contributed by atoms with Gasteiger partial charge < -0.3 is 9.64 Å². The van der Waals surface area contributed by atoms with Crippen molar-refractivity contribution in [2.24, 2.45) is 0 Å². The second-order valence-corrected chi connectivity index (χ2v) is 8.00. The van der Waals surface area contributed by atoms with Gasteiger partial charge in [-0.15, -0.1) is 0 Å². The fraction of sp³-hybridized carbons (Fsp3) is 0.364. The zero-order chi connectivity index (χ0) is 20.1. The number of rotatable bonds is 8. The lowest BCUT2D eigenvalue weighted by Crippen LogP contribution is -2.33. The van der Waals surface area contributed by atoms with Crippen LogP contribution in [0, 0.1) is 0 Å². The van der Waals surface area contributed by atoms with Crippen LogP contribution in [0.5, 0.6) is 5.75 Å². The predicted molar refractivity (Wildman–Crippen MR) is 117 cm³/mol. The number of aromatic nitrogens is 1. The number of amides is 1. The highest BCUT2D eigenvalue weighted by Gasteiger charge is 2.21. The number of hydrogen-bond donors (Lipinski definition) is 0. The molecule has 0 atom stereocenters. The summed E-state index contributed by atoms with van der Waals surface area (Å²) in [5.41, 5.74) is 2.86. The first-order valence-corrected chi connectivity index (χ1v) is 10.3. The molecule has 0 unspecified atom stereocenters. The average Bonchev–Trinajstić information content (AvgIpc) is 3.13. The molecule has 1 heterocycles. The number of benzene rings is 2. The SMILES string of the molecule is CCc1ccc2nc(N(CCCN(C)C)C(=O)c3ccc(OC)cc3)sc2c1. The number of hydrogen-bond acceptors (Lipinski definition) is 5. The van der Waals surface area contributed by atoms with Gasteiger partial charge in [-0.3, -0.25) is 9.69 Å². The third-order valence-corrected chi connectivity index (χ3v) is 5.69. The predicted octanol–water partition coefficient (Wildman–Crippen LogP) is 4.47. The van der Waals surface area contributed by atoms with Crippen LogP contribution in [-0.2, 0) is 6.42 Å². The summed E-state index contributed by atoms with van der Waals surface area (Å²) >= 11 is 1.58. The van der Waals surface area contributed by atoms with Gasteiger partial charge in [-0.1, -0.05) is 24.3 Å². The number of anilines is 1. The van der Waals surface area contributed by atoms with Gasteiger partial charge in [0.2, 0.25) is 0 Å². The van der Waals surface area contributed by atoms with Crippen LogP contribution in [-0.4, -0.2) is 50.1 Å². The fourth-order valence-corrected chi connectivity index (χ4v) is 4.06. The van der Waals surface area contributed by atoms with Crippen LogP contribution >= 0.6 is 11.3 Å². The highest BCUT2D eigenvalue weighted by Crippen LogP contribution is 2.31. The van der Waals surface area contributed by atoms with E-state index in [4.69, 9.17) is 9.72 Å². The molecule has 1 aromatic heterocycles. The first kappa shape index (κ1) is 20.3. The third-order valence-electron chi connectivity index (χ3n) is 4.65. The summed E-state index contributed by atoms with van der Waals surface area (Å²) in [7, 11) is 5.70. The van der Waals surface area contributed by atoms with E-state index >= 15 is 0 Å². The van der Waals surface area contributed by atoms with Crippen molar-refractivity contribution in [3.63, 3.8) is 0 Å². The summed E-state index contributed by atoms with van der Waals surface area (Å²) in [6.07, 6.45) is 1.87. The van der Waals surface area contributed by atoms with Gasteiger partial charge in [0.15, 0.2) is 5.13 Å². The maximum absolute atomic E-state index is 13.3. The molecule has 0 radical (unpaired) electrons. The summed E-state index contributed by atoms with van der Waals surface area (Å²) < 4.78 is 6.33. The molecule has 28 heavy (non-hydrogen) atoms. The molecule has 0 bridgehead atoms. The van der Waals surface area contributed by atoms with E-state index in [0.717, 1.165) is 40.5 Å². The Hall–Kier alpha value is -2.44. The first-order chi connectivity index (χ1) is 13.5. The largest absolute Gasteiger partial charge is 0.497 e. The quantitative estimate of drug-likeness (QED) is 0.563. The van der Waals surface area contributed by atoms with Gasteiger partial charge in [0.1, 0.15) is 5.75 Å². The number of aryl methyl sites for hydroxylation is 1. The maximum atomic E-state index is 13.3. The first-order valence-electron chi connectivity index (χ1n) is 9.52. The molecule has 2 aromatic carbocycles. The van der Waals surface area contributed by atoms with Gasteiger partial charge in [-0.25, -0.2) is 4.98 Å². The van der Waals surface area contributed by atoms with Crippen LogP contribution in [0.4, 0.5) is 5.13 Å². The number of carbonyl (C=O) groups is 1. The molecule has 0 saturated carbocycles. The van der Waals surface area contributed by atoms with Crippen molar-refractivity contribution in [3.05, 3.63) is 53.6 Å². The van der Waals surface area contributed by atoms with Crippen LogP contribution in [0.25, 0.3) is 10.2 Å². The molecular formula is C22H27N3O2S. The van der Waals surface area contributed by atoms with Gasteiger partial charge in [0, 0.05) is 12.1 Å². The highest BCUT2D eigenvalue weighted by molar-refractivity contribution is 7.22. The zero-order valence-corrected chi connectivity index (χ0v) is 17.8. The van der Waals surface area contributed by atoms with Crippen molar-refractivity contribution < 1.29 is 9.53 Å². The Bertz CT molecular complexity index is 935. The minimum atomic E-state index is -0.0313. The van der Waals surface area contributed by atoms with Crippen LogP contribution in [0.2, 0.25) is 0 Å². The molecule has 0 aliphatic rings. The topological polar surface area (TPSA) is 45.7 Å². The number of methoxy groups -OCH3 is 1. The van der Waals surface area contributed by atoms with Crippen LogP contribution in [0.3, 0.4) is 0 Å². The fourth-order valence-electron chi connectivity index (χ4n) is 3.01. The van der Waals surface area contributed by atoms with Gasteiger partial charge in [0.25, 0.3) is 5.91 Å². The Morgan fingerprint density at radius 2 is 1.86 bits per heavy atom. The molecule has 0 fully saturated rings. The zero-order valence-electron chi connectivity index (χ0n) is 16.9. The van der Waals surface area contributed by atoms with E-state index in [1.54, 1.807) is 18.4 Å². The lowest BCUT2D eigenvalue weighted by Gasteiger charge is -2.21. The summed E-state index contributed by atoms with van der Waals surface area (Å²) in [5, 5.41) is 0.753. The minimum absolute atomic E-state index is 0.0313. The Labute approximate surface area is 170 Å². The lowest BCUT2D eigenvalue weighted by atomic mass is 10.2. The molecule has 6 heteroatoms. The van der Waals surface area contributed by atoms with Gasteiger partial charge in [0.05, 0.1) is 17.3 Å². The van der Waals surface area contributed by atoms with Crippen molar-refractivity contribution in [1.29, 1.82) is 0 Å². The van der Waals surface area contributed by atoms with Crippen molar-refractivity contribution in [3.8, 4) is 5.75 Å². The summed E-state index contributed by atoms with van der Waals surface area (Å²) in [6.45, 7) is 3.69. The average molecular weight is 398 g/mol. The van der Waals surface area contributed by atoms with Crippen molar-refractivity contribution in [1.82, 2.24) is 9.88 Å². The molecule has 0 aliphatic carbocycles. The Kier molecular flexibility index (Phi) is 6.65. The van der Waals surface area contributed by atoms with Crippen LogP contribution < -0.4 is 9.64 Å². The Morgan fingerprint density at radius 1 is 1.11 bits per heavy atom. The number of carbonyl (C=O) groups excluding carboxylic acids is 1. The summed E-state index contributed by atoms with van der Waals surface area (Å²) in [5.74, 6) is 0.707. The van der Waals surface area contributed by atoms with E-state index in [-0.39, 0.29) is 5.91 Å². The minimum Gasteiger partial charge on any atom is -0.497 e. The smallest absolute Gasteiger partial charge is 0.260 e. The number of thiazole rings is 1. The molecular weight excluding hydrogens is 370 g/mol.